The number of benzene rings is 2. The largest absolute Gasteiger partial charge is 0.496 e. The smallest absolute Gasteiger partial charge is 0.420 e. The number of ether oxygens (including phenoxy) is 1. The van der Waals surface area contributed by atoms with Crippen LogP contribution >= 0.6 is 0 Å². The molecule has 0 amide bonds. The van der Waals surface area contributed by atoms with E-state index in [1.165, 1.54) is 11.4 Å². The lowest BCUT2D eigenvalue weighted by atomic mass is 10.1. The minimum Gasteiger partial charge on any atom is -0.496 e. The Kier molecular flexibility index (Phi) is 6.33. The van der Waals surface area contributed by atoms with Gasteiger partial charge in [0.1, 0.15) is 10.6 Å². The van der Waals surface area contributed by atoms with E-state index in [2.05, 4.69) is 0 Å². The summed E-state index contributed by atoms with van der Waals surface area (Å²) in [5.41, 5.74) is -0.376. The van der Waals surface area contributed by atoms with Crippen molar-refractivity contribution in [1.82, 2.24) is 4.31 Å². The molecule has 5 nitrogen and oxygen atoms in total. The number of hydrogen-bond donors (Lipinski definition) is 0. The third-order valence-corrected chi connectivity index (χ3v) is 7.34. The number of rotatable bonds is 5. The number of fused-ring (bicyclic) bond motifs is 1. The van der Waals surface area contributed by atoms with Gasteiger partial charge in [-0.2, -0.15) is 17.5 Å². The van der Waals surface area contributed by atoms with Crippen molar-refractivity contribution in [2.75, 3.05) is 25.6 Å². The lowest BCUT2D eigenvalue weighted by molar-refractivity contribution is -0.138. The van der Waals surface area contributed by atoms with Gasteiger partial charge in [0.05, 0.1) is 18.4 Å². The molecule has 1 heterocycles. The van der Waals surface area contributed by atoms with Gasteiger partial charge in [0, 0.05) is 31.4 Å². The molecule has 30 heavy (non-hydrogen) atoms. The monoisotopic (exact) mass is 442 g/mol. The quantitative estimate of drug-likeness (QED) is 0.651. The molecule has 0 bridgehead atoms. The SMILES string of the molecule is CCCCC1CN(c2ccccc2)c2cc(C(F)(F)F)c(OC)cc2S(=O)(=O)N1C. The molecule has 0 aromatic heterocycles. The Labute approximate surface area is 175 Å². The van der Waals surface area contributed by atoms with E-state index in [4.69, 9.17) is 4.74 Å². The average Bonchev–Trinajstić information content (AvgIpc) is 2.79. The summed E-state index contributed by atoms with van der Waals surface area (Å²) < 4.78 is 74.0. The van der Waals surface area contributed by atoms with Gasteiger partial charge >= 0.3 is 6.18 Å². The Balaban J connectivity index is 2.30. The zero-order valence-corrected chi connectivity index (χ0v) is 17.9. The van der Waals surface area contributed by atoms with E-state index in [1.807, 2.05) is 6.92 Å². The molecule has 3 rings (SSSR count). The highest BCUT2D eigenvalue weighted by Crippen LogP contribution is 2.45. The van der Waals surface area contributed by atoms with Gasteiger partial charge in [-0.05, 0) is 24.6 Å². The molecule has 9 heteroatoms. The van der Waals surface area contributed by atoms with Crippen LogP contribution in [0.25, 0.3) is 0 Å². The molecule has 0 spiro atoms. The lowest BCUT2D eigenvalue weighted by Gasteiger charge is -2.29. The first-order valence-electron chi connectivity index (χ1n) is 9.71. The average molecular weight is 443 g/mol. The van der Waals surface area contributed by atoms with E-state index in [0.29, 0.717) is 12.1 Å². The standard InChI is InChI=1S/C21H25F3N2O3S/c1-4-5-9-16-14-26(15-10-7-6-8-11-15)18-12-17(21(22,23)24)19(29-3)13-20(18)30(27,28)25(16)2/h6-8,10-13,16H,4-5,9,14H2,1-3H3. The Morgan fingerprint density at radius 2 is 1.83 bits per heavy atom. The molecular weight excluding hydrogens is 417 g/mol. The highest BCUT2D eigenvalue weighted by molar-refractivity contribution is 7.89. The Morgan fingerprint density at radius 3 is 2.40 bits per heavy atom. The van der Waals surface area contributed by atoms with Gasteiger partial charge in [0.25, 0.3) is 0 Å². The molecule has 2 aromatic rings. The molecule has 0 aliphatic carbocycles. The number of anilines is 2. The lowest BCUT2D eigenvalue weighted by Crippen LogP contribution is -2.40. The Bertz CT molecular complexity index is 995. The van der Waals surface area contributed by atoms with Crippen molar-refractivity contribution < 1.29 is 26.3 Å². The maximum absolute atomic E-state index is 13.7. The molecule has 0 radical (unpaired) electrons. The molecule has 0 saturated heterocycles. The van der Waals surface area contributed by atoms with Crippen molar-refractivity contribution >= 4 is 21.4 Å². The fourth-order valence-electron chi connectivity index (χ4n) is 3.70. The summed E-state index contributed by atoms with van der Waals surface area (Å²) in [6.07, 6.45) is -2.39. The second-order valence-electron chi connectivity index (χ2n) is 7.28. The summed E-state index contributed by atoms with van der Waals surface area (Å²) in [5.74, 6) is -0.516. The maximum Gasteiger partial charge on any atom is 0.420 e. The molecule has 1 aliphatic rings. The van der Waals surface area contributed by atoms with Crippen molar-refractivity contribution in [2.24, 2.45) is 0 Å². The summed E-state index contributed by atoms with van der Waals surface area (Å²) in [7, 11) is -1.44. The Morgan fingerprint density at radius 1 is 1.17 bits per heavy atom. The van der Waals surface area contributed by atoms with Crippen LogP contribution in [0.4, 0.5) is 24.5 Å². The topological polar surface area (TPSA) is 49.9 Å². The number of sulfonamides is 1. The summed E-state index contributed by atoms with van der Waals surface area (Å²) in [5, 5.41) is 0. The second-order valence-corrected chi connectivity index (χ2v) is 9.25. The highest BCUT2D eigenvalue weighted by atomic mass is 32.2. The van der Waals surface area contributed by atoms with Gasteiger partial charge in [0.15, 0.2) is 0 Å². The predicted octanol–water partition coefficient (Wildman–Crippen LogP) is 5.05. The summed E-state index contributed by atoms with van der Waals surface area (Å²) in [4.78, 5) is 1.46. The van der Waals surface area contributed by atoms with Gasteiger partial charge in [-0.25, -0.2) is 8.42 Å². The van der Waals surface area contributed by atoms with E-state index >= 15 is 0 Å². The Hall–Kier alpha value is -2.26. The zero-order valence-electron chi connectivity index (χ0n) is 17.1. The number of methoxy groups -OCH3 is 1. The molecule has 1 atom stereocenters. The summed E-state index contributed by atoms with van der Waals surface area (Å²) in [6, 6.07) is 10.3. The van der Waals surface area contributed by atoms with Crippen LogP contribution < -0.4 is 9.64 Å². The van der Waals surface area contributed by atoms with E-state index in [0.717, 1.165) is 32.1 Å². The van der Waals surface area contributed by atoms with E-state index < -0.39 is 27.5 Å². The fourth-order valence-corrected chi connectivity index (χ4v) is 5.26. The molecule has 0 fully saturated rings. The van der Waals surface area contributed by atoms with Gasteiger partial charge in [-0.15, -0.1) is 0 Å². The third-order valence-electron chi connectivity index (χ3n) is 5.40. The van der Waals surface area contributed by atoms with Crippen LogP contribution in [-0.2, 0) is 16.2 Å². The molecule has 1 unspecified atom stereocenters. The van der Waals surface area contributed by atoms with Crippen molar-refractivity contribution in [2.45, 2.75) is 43.3 Å². The molecule has 0 N–H and O–H groups in total. The zero-order chi connectivity index (χ0) is 22.1. The first-order valence-corrected chi connectivity index (χ1v) is 11.1. The first kappa shape index (κ1) is 22.4. The normalized spacial score (nSPS) is 19.3. The van der Waals surface area contributed by atoms with Crippen molar-refractivity contribution in [3.8, 4) is 5.75 Å². The van der Waals surface area contributed by atoms with Crippen LogP contribution in [0.2, 0.25) is 0 Å². The molecule has 164 valence electrons. The fraction of sp³-hybridized carbons (Fsp3) is 0.429. The highest BCUT2D eigenvalue weighted by Gasteiger charge is 2.41. The molecule has 2 aromatic carbocycles. The minimum atomic E-state index is -4.69. The number of halogens is 3. The van der Waals surface area contributed by atoms with E-state index in [9.17, 15) is 21.6 Å². The van der Waals surface area contributed by atoms with Gasteiger partial charge in [-0.1, -0.05) is 38.0 Å². The van der Waals surface area contributed by atoms with Gasteiger partial charge in [0.2, 0.25) is 10.0 Å². The second kappa shape index (κ2) is 8.47. The van der Waals surface area contributed by atoms with Crippen LogP contribution in [0.1, 0.15) is 31.7 Å². The van der Waals surface area contributed by atoms with Gasteiger partial charge < -0.3 is 9.64 Å². The number of likely N-dealkylation sites (N-methyl/N-ethyl adjacent to an activating group) is 1. The number of unbranched alkanes of at least 4 members (excludes halogenated alkanes) is 1. The van der Waals surface area contributed by atoms with Crippen molar-refractivity contribution in [3.63, 3.8) is 0 Å². The van der Waals surface area contributed by atoms with Crippen molar-refractivity contribution in [1.29, 1.82) is 0 Å². The van der Waals surface area contributed by atoms with Crippen LogP contribution in [-0.4, -0.2) is 39.5 Å². The van der Waals surface area contributed by atoms with Crippen LogP contribution in [0.3, 0.4) is 0 Å². The van der Waals surface area contributed by atoms with Gasteiger partial charge in [-0.3, -0.25) is 0 Å². The van der Waals surface area contributed by atoms with Crippen LogP contribution in [0, 0.1) is 0 Å². The number of hydrogen-bond acceptors (Lipinski definition) is 4. The molecule has 1 aliphatic heterocycles. The summed E-state index contributed by atoms with van der Waals surface area (Å²) >= 11 is 0. The number of para-hydroxylation sites is 1. The number of nitrogens with zero attached hydrogens (tertiary/aromatic N) is 2. The van der Waals surface area contributed by atoms with E-state index in [-0.39, 0.29) is 23.2 Å². The minimum absolute atomic E-state index is 0.000161. The molecular formula is C21H25F3N2O3S. The third kappa shape index (κ3) is 4.13. The molecule has 0 saturated carbocycles. The summed E-state index contributed by atoms with van der Waals surface area (Å²) in [6.45, 7) is 2.26. The number of alkyl halides is 3. The van der Waals surface area contributed by atoms with Crippen LogP contribution in [0.5, 0.6) is 5.75 Å². The van der Waals surface area contributed by atoms with Crippen LogP contribution in [0.15, 0.2) is 47.4 Å². The van der Waals surface area contributed by atoms with Crippen molar-refractivity contribution in [3.05, 3.63) is 48.0 Å². The first-order chi connectivity index (χ1) is 14.1. The van der Waals surface area contributed by atoms with E-state index in [1.54, 1.807) is 35.2 Å². The maximum atomic E-state index is 13.7. The predicted molar refractivity (Wildman–Crippen MR) is 110 cm³/mol.